The van der Waals surface area contributed by atoms with E-state index >= 15 is 0 Å². The average Bonchev–Trinajstić information content (AvgIpc) is 3.26. The molecular formula is C22H21BN6O4. The fourth-order valence-electron chi connectivity index (χ4n) is 3.91. The van der Waals surface area contributed by atoms with Crippen molar-refractivity contribution < 1.29 is 19.6 Å². The first-order valence-corrected chi connectivity index (χ1v) is 10.5. The predicted octanol–water partition coefficient (Wildman–Crippen LogP) is 0.531. The molecule has 11 heteroatoms. The summed E-state index contributed by atoms with van der Waals surface area (Å²) in [5, 5.41) is 27.2. The summed E-state index contributed by atoms with van der Waals surface area (Å²) in [6.07, 6.45) is 3.15. The Morgan fingerprint density at radius 3 is 2.88 bits per heavy atom. The maximum atomic E-state index is 11.8. The highest BCUT2D eigenvalue weighted by Crippen LogP contribution is 2.32. The number of aryl methyl sites for hydroxylation is 1. The molecule has 0 saturated heterocycles. The van der Waals surface area contributed by atoms with Gasteiger partial charge in [0, 0.05) is 11.9 Å². The molecule has 5 N–H and O–H groups in total. The Labute approximate surface area is 189 Å². The number of nitrogens with two attached hydrogens (primary N) is 1. The molecule has 0 saturated carbocycles. The molecule has 0 radical (unpaired) electrons. The first-order chi connectivity index (χ1) is 16.0. The SMILES string of the molecule is NC(=O)c1cccc2c1cnn2-c1nc2c(c(NCc3cccc(B(O)O)c3)n1)OCCC2. The summed E-state index contributed by atoms with van der Waals surface area (Å²) in [5.41, 5.74) is 8.57. The molecule has 4 aromatic rings. The number of amides is 1. The van der Waals surface area contributed by atoms with E-state index < -0.39 is 13.0 Å². The largest absolute Gasteiger partial charge is 0.488 e. The summed E-state index contributed by atoms with van der Waals surface area (Å²) >= 11 is 0. The molecule has 33 heavy (non-hydrogen) atoms. The first kappa shape index (κ1) is 20.9. The van der Waals surface area contributed by atoms with Gasteiger partial charge in [0.2, 0.25) is 5.91 Å². The second-order valence-electron chi connectivity index (χ2n) is 7.73. The lowest BCUT2D eigenvalue weighted by molar-refractivity contribution is 0.100. The highest BCUT2D eigenvalue weighted by Gasteiger charge is 2.22. The molecule has 2 aromatic heterocycles. The van der Waals surface area contributed by atoms with E-state index in [9.17, 15) is 14.8 Å². The lowest BCUT2D eigenvalue weighted by atomic mass is 9.80. The zero-order valence-corrected chi connectivity index (χ0v) is 17.6. The third kappa shape index (κ3) is 3.99. The number of hydrogen-bond acceptors (Lipinski definition) is 8. The van der Waals surface area contributed by atoms with Crippen LogP contribution in [0.4, 0.5) is 5.82 Å². The number of aromatic nitrogens is 4. The summed E-state index contributed by atoms with van der Waals surface area (Å²) in [5.74, 6) is 0.924. The van der Waals surface area contributed by atoms with E-state index in [0.29, 0.717) is 52.6 Å². The number of carbonyl (C=O) groups is 1. The van der Waals surface area contributed by atoms with Crippen LogP contribution in [0.1, 0.15) is 28.0 Å². The van der Waals surface area contributed by atoms with E-state index in [-0.39, 0.29) is 0 Å². The number of nitrogens with one attached hydrogen (secondary N) is 1. The van der Waals surface area contributed by atoms with E-state index in [1.165, 1.54) is 0 Å². The number of benzene rings is 2. The quantitative estimate of drug-likeness (QED) is 0.315. The molecule has 166 valence electrons. The molecule has 0 aliphatic carbocycles. The van der Waals surface area contributed by atoms with Gasteiger partial charge in [0.05, 0.1) is 29.6 Å². The predicted molar refractivity (Wildman–Crippen MR) is 123 cm³/mol. The molecule has 0 fully saturated rings. The van der Waals surface area contributed by atoms with Gasteiger partial charge in [0.25, 0.3) is 5.95 Å². The van der Waals surface area contributed by atoms with Gasteiger partial charge in [-0.1, -0.05) is 30.3 Å². The summed E-state index contributed by atoms with van der Waals surface area (Å²) in [7, 11) is -1.54. The van der Waals surface area contributed by atoms with Crippen molar-refractivity contribution in [3.8, 4) is 11.7 Å². The molecule has 0 bridgehead atoms. The highest BCUT2D eigenvalue weighted by atomic mass is 16.5. The molecule has 0 unspecified atom stereocenters. The number of carbonyl (C=O) groups excluding carboxylic acids is 1. The van der Waals surface area contributed by atoms with E-state index in [1.807, 2.05) is 12.1 Å². The Morgan fingerprint density at radius 1 is 1.21 bits per heavy atom. The molecule has 0 atom stereocenters. The number of rotatable bonds is 6. The number of anilines is 1. The number of hydrogen-bond donors (Lipinski definition) is 4. The maximum absolute atomic E-state index is 11.8. The van der Waals surface area contributed by atoms with Gasteiger partial charge in [-0.05, 0) is 36.0 Å². The summed E-state index contributed by atoms with van der Waals surface area (Å²) in [6, 6.07) is 12.2. The highest BCUT2D eigenvalue weighted by molar-refractivity contribution is 6.58. The molecule has 2 aromatic carbocycles. The van der Waals surface area contributed by atoms with Crippen molar-refractivity contribution in [3.05, 3.63) is 65.5 Å². The van der Waals surface area contributed by atoms with Gasteiger partial charge in [0.15, 0.2) is 11.6 Å². The fourth-order valence-corrected chi connectivity index (χ4v) is 3.91. The third-order valence-electron chi connectivity index (χ3n) is 5.51. The zero-order chi connectivity index (χ0) is 22.9. The van der Waals surface area contributed by atoms with E-state index in [4.69, 9.17) is 10.5 Å². The van der Waals surface area contributed by atoms with E-state index in [0.717, 1.165) is 24.1 Å². The van der Waals surface area contributed by atoms with Gasteiger partial charge < -0.3 is 25.8 Å². The molecule has 1 amide bonds. The minimum atomic E-state index is -1.54. The second-order valence-corrected chi connectivity index (χ2v) is 7.73. The van der Waals surface area contributed by atoms with Crippen molar-refractivity contribution in [2.45, 2.75) is 19.4 Å². The van der Waals surface area contributed by atoms with Crippen LogP contribution in [-0.2, 0) is 13.0 Å². The van der Waals surface area contributed by atoms with Crippen molar-refractivity contribution >= 4 is 35.2 Å². The van der Waals surface area contributed by atoms with E-state index in [2.05, 4.69) is 20.4 Å². The molecule has 1 aliphatic heterocycles. The molecule has 3 heterocycles. The van der Waals surface area contributed by atoms with Gasteiger partial charge in [0.1, 0.15) is 0 Å². The van der Waals surface area contributed by atoms with Gasteiger partial charge in [-0.15, -0.1) is 0 Å². The monoisotopic (exact) mass is 444 g/mol. The van der Waals surface area contributed by atoms with Crippen LogP contribution in [0.25, 0.3) is 16.9 Å². The van der Waals surface area contributed by atoms with Crippen LogP contribution >= 0.6 is 0 Å². The Hall–Kier alpha value is -3.96. The topological polar surface area (TPSA) is 148 Å². The molecule has 1 aliphatic rings. The summed E-state index contributed by atoms with van der Waals surface area (Å²) in [4.78, 5) is 21.1. The summed E-state index contributed by atoms with van der Waals surface area (Å²) in [6.45, 7) is 0.960. The maximum Gasteiger partial charge on any atom is 0.488 e. The van der Waals surface area contributed by atoms with Crippen molar-refractivity contribution in [1.82, 2.24) is 19.7 Å². The number of ether oxygens (including phenoxy) is 1. The third-order valence-corrected chi connectivity index (χ3v) is 5.51. The summed E-state index contributed by atoms with van der Waals surface area (Å²) < 4.78 is 7.43. The van der Waals surface area contributed by atoms with Gasteiger partial charge in [-0.3, -0.25) is 4.79 Å². The molecule has 10 nitrogen and oxygen atoms in total. The van der Waals surface area contributed by atoms with Crippen LogP contribution in [0.15, 0.2) is 48.7 Å². The lowest BCUT2D eigenvalue weighted by Gasteiger charge is -2.20. The Bertz CT molecular complexity index is 1360. The van der Waals surface area contributed by atoms with E-state index in [1.54, 1.807) is 41.2 Å². The number of nitrogens with zero attached hydrogens (tertiary/aromatic N) is 4. The fraction of sp³-hybridized carbons (Fsp3) is 0.182. The van der Waals surface area contributed by atoms with Crippen LogP contribution in [0.5, 0.6) is 5.75 Å². The standard InChI is InChI=1S/C22H21BN6O4/c24-20(30)15-6-2-8-18-16(15)12-26-29(18)22-27-17-7-3-9-33-19(17)21(28-22)25-11-13-4-1-5-14(10-13)23(31)32/h1-2,4-6,8,10,12,31-32H,3,7,9,11H2,(H2,24,30)(H,25,27,28). The van der Waals surface area contributed by atoms with Gasteiger partial charge in [-0.25, -0.2) is 4.98 Å². The van der Waals surface area contributed by atoms with Crippen LogP contribution in [0, 0.1) is 0 Å². The van der Waals surface area contributed by atoms with Crippen molar-refractivity contribution in [2.75, 3.05) is 11.9 Å². The average molecular weight is 444 g/mol. The molecular weight excluding hydrogens is 423 g/mol. The Kier molecular flexibility index (Phi) is 5.41. The second kappa shape index (κ2) is 8.53. The van der Waals surface area contributed by atoms with Gasteiger partial charge in [-0.2, -0.15) is 14.8 Å². The Morgan fingerprint density at radius 2 is 2.06 bits per heavy atom. The Balaban J connectivity index is 1.54. The van der Waals surface area contributed by atoms with Crippen molar-refractivity contribution in [1.29, 1.82) is 0 Å². The minimum absolute atomic E-state index is 0.345. The number of primary amides is 1. The minimum Gasteiger partial charge on any atom is -0.488 e. The smallest absolute Gasteiger partial charge is 0.488 e. The lowest BCUT2D eigenvalue weighted by Crippen LogP contribution is -2.30. The molecule has 5 rings (SSSR count). The first-order valence-electron chi connectivity index (χ1n) is 10.5. The van der Waals surface area contributed by atoms with Crippen molar-refractivity contribution in [3.63, 3.8) is 0 Å². The van der Waals surface area contributed by atoms with Gasteiger partial charge >= 0.3 is 7.12 Å². The van der Waals surface area contributed by atoms with Crippen LogP contribution in [0.2, 0.25) is 0 Å². The van der Waals surface area contributed by atoms with Crippen LogP contribution in [0.3, 0.4) is 0 Å². The molecule has 0 spiro atoms. The zero-order valence-electron chi connectivity index (χ0n) is 17.6. The normalized spacial score (nSPS) is 12.8. The number of fused-ring (bicyclic) bond motifs is 2. The van der Waals surface area contributed by atoms with Crippen LogP contribution in [-0.4, -0.2) is 49.4 Å². The van der Waals surface area contributed by atoms with Crippen molar-refractivity contribution in [2.24, 2.45) is 5.73 Å². The van der Waals surface area contributed by atoms with Crippen LogP contribution < -0.4 is 21.3 Å².